The lowest BCUT2D eigenvalue weighted by Crippen LogP contribution is -2.35. The fraction of sp³-hybridized carbons (Fsp3) is 0.381. The van der Waals surface area contributed by atoms with Gasteiger partial charge < -0.3 is 9.88 Å². The summed E-state index contributed by atoms with van der Waals surface area (Å²) in [5.74, 6) is -0.448. The molecule has 1 aromatic carbocycles. The largest absolute Gasteiger partial charge is 0.416 e. The summed E-state index contributed by atoms with van der Waals surface area (Å²) in [6.07, 6.45) is 1.30. The zero-order valence-corrected chi connectivity index (χ0v) is 16.5. The standard InChI is InChI=1S/C21H21F3N4O2/c1-12-10-27(16-7-8-16)17-9-25-28(20(30)19(12)17)11-18(29)26-13(2)14-3-5-15(6-4-14)21(22,23)24/h3-6,9-10,13,16H,7-8,11H2,1-2H3,(H,26,29)/t13-/m0/s1. The van der Waals surface area contributed by atoms with Crippen molar-refractivity contribution in [1.82, 2.24) is 19.7 Å². The molecule has 2 aromatic heterocycles. The molecule has 3 aromatic rings. The highest BCUT2D eigenvalue weighted by molar-refractivity contribution is 5.83. The van der Waals surface area contributed by atoms with E-state index in [4.69, 9.17) is 0 Å². The van der Waals surface area contributed by atoms with Gasteiger partial charge in [-0.3, -0.25) is 9.59 Å². The molecule has 0 spiro atoms. The number of amides is 1. The smallest absolute Gasteiger partial charge is 0.348 e. The number of benzene rings is 1. The molecule has 0 bridgehead atoms. The van der Waals surface area contributed by atoms with E-state index in [0.717, 1.165) is 40.7 Å². The molecular weight excluding hydrogens is 397 g/mol. The van der Waals surface area contributed by atoms with Crippen LogP contribution in [0.3, 0.4) is 0 Å². The van der Waals surface area contributed by atoms with Gasteiger partial charge in [-0.1, -0.05) is 12.1 Å². The van der Waals surface area contributed by atoms with E-state index in [-0.39, 0.29) is 12.1 Å². The molecule has 1 N–H and O–H groups in total. The molecule has 9 heteroatoms. The number of nitrogens with zero attached hydrogens (tertiary/aromatic N) is 3. The molecule has 1 saturated carbocycles. The first-order chi connectivity index (χ1) is 14.1. The van der Waals surface area contributed by atoms with E-state index in [1.165, 1.54) is 12.1 Å². The SMILES string of the molecule is Cc1cn(C2CC2)c2cnn(CC(=O)N[C@@H](C)c3ccc(C(F)(F)F)cc3)c(=O)c12. The third-order valence-electron chi connectivity index (χ3n) is 5.38. The number of fused-ring (bicyclic) bond motifs is 1. The van der Waals surface area contributed by atoms with Crippen LogP contribution in [0.2, 0.25) is 0 Å². The Bertz CT molecular complexity index is 1160. The molecule has 6 nitrogen and oxygen atoms in total. The summed E-state index contributed by atoms with van der Waals surface area (Å²) < 4.78 is 41.2. The Balaban J connectivity index is 1.48. The van der Waals surface area contributed by atoms with E-state index < -0.39 is 23.7 Å². The third kappa shape index (κ3) is 3.83. The minimum atomic E-state index is -4.41. The second kappa shape index (κ2) is 7.30. The maximum Gasteiger partial charge on any atom is 0.416 e. The second-order valence-electron chi connectivity index (χ2n) is 7.73. The van der Waals surface area contributed by atoms with E-state index in [1.54, 1.807) is 13.1 Å². The highest BCUT2D eigenvalue weighted by Crippen LogP contribution is 2.38. The summed E-state index contributed by atoms with van der Waals surface area (Å²) in [6.45, 7) is 3.26. The van der Waals surface area contributed by atoms with Crippen molar-refractivity contribution in [3.8, 4) is 0 Å². The Morgan fingerprint density at radius 2 is 1.93 bits per heavy atom. The van der Waals surface area contributed by atoms with Gasteiger partial charge in [0.1, 0.15) is 6.54 Å². The highest BCUT2D eigenvalue weighted by Gasteiger charge is 2.30. The average Bonchev–Trinajstić information content (AvgIpc) is 3.47. The van der Waals surface area contributed by atoms with E-state index in [2.05, 4.69) is 15.0 Å². The molecule has 1 amide bonds. The predicted molar refractivity (Wildman–Crippen MR) is 105 cm³/mol. The van der Waals surface area contributed by atoms with Crippen LogP contribution in [0.25, 0.3) is 10.9 Å². The third-order valence-corrected chi connectivity index (χ3v) is 5.38. The molecule has 158 valence electrons. The molecule has 1 aliphatic carbocycles. The van der Waals surface area contributed by atoms with Crippen molar-refractivity contribution >= 4 is 16.8 Å². The maximum atomic E-state index is 12.8. The van der Waals surface area contributed by atoms with Crippen molar-refractivity contribution in [2.75, 3.05) is 0 Å². The van der Waals surface area contributed by atoms with Crippen LogP contribution in [0.5, 0.6) is 0 Å². The van der Waals surface area contributed by atoms with Crippen LogP contribution < -0.4 is 10.9 Å². The van der Waals surface area contributed by atoms with Crippen LogP contribution in [-0.4, -0.2) is 20.3 Å². The van der Waals surface area contributed by atoms with Gasteiger partial charge in [-0.05, 0) is 49.9 Å². The lowest BCUT2D eigenvalue weighted by atomic mass is 10.1. The maximum absolute atomic E-state index is 12.8. The summed E-state index contributed by atoms with van der Waals surface area (Å²) in [5, 5.41) is 7.40. The van der Waals surface area contributed by atoms with E-state index in [9.17, 15) is 22.8 Å². The second-order valence-corrected chi connectivity index (χ2v) is 7.73. The average molecular weight is 418 g/mol. The van der Waals surface area contributed by atoms with Crippen LogP contribution in [0, 0.1) is 6.92 Å². The van der Waals surface area contributed by atoms with E-state index in [0.29, 0.717) is 17.0 Å². The number of aryl methyl sites for hydroxylation is 1. The summed E-state index contributed by atoms with van der Waals surface area (Å²) in [5.41, 5.74) is 1.07. The Hall–Kier alpha value is -3.10. The molecule has 0 unspecified atom stereocenters. The van der Waals surface area contributed by atoms with Crippen molar-refractivity contribution in [1.29, 1.82) is 0 Å². The fourth-order valence-corrected chi connectivity index (χ4v) is 3.62. The minimum absolute atomic E-state index is 0.270. The topological polar surface area (TPSA) is 68.9 Å². The highest BCUT2D eigenvalue weighted by atomic mass is 19.4. The zero-order valence-electron chi connectivity index (χ0n) is 16.5. The lowest BCUT2D eigenvalue weighted by Gasteiger charge is -2.16. The van der Waals surface area contributed by atoms with Gasteiger partial charge in [0.2, 0.25) is 5.91 Å². The van der Waals surface area contributed by atoms with Gasteiger partial charge in [-0.2, -0.15) is 18.3 Å². The van der Waals surface area contributed by atoms with Gasteiger partial charge in [0.25, 0.3) is 5.56 Å². The van der Waals surface area contributed by atoms with Crippen LogP contribution >= 0.6 is 0 Å². The van der Waals surface area contributed by atoms with Crippen molar-refractivity contribution in [3.63, 3.8) is 0 Å². The molecule has 1 atom stereocenters. The first-order valence-corrected chi connectivity index (χ1v) is 9.69. The quantitative estimate of drug-likeness (QED) is 0.686. The summed E-state index contributed by atoms with van der Waals surface area (Å²) in [7, 11) is 0. The molecule has 0 aliphatic heterocycles. The molecule has 1 fully saturated rings. The number of hydrogen-bond donors (Lipinski definition) is 1. The first kappa shape index (κ1) is 20.2. The Labute approximate surface area is 170 Å². The van der Waals surface area contributed by atoms with Crippen molar-refractivity contribution in [3.05, 3.63) is 63.7 Å². The van der Waals surface area contributed by atoms with Crippen molar-refractivity contribution < 1.29 is 18.0 Å². The number of nitrogens with one attached hydrogen (secondary N) is 1. The normalized spacial score (nSPS) is 15.4. The van der Waals surface area contributed by atoms with Crippen LogP contribution in [-0.2, 0) is 17.5 Å². The van der Waals surface area contributed by atoms with Gasteiger partial charge in [0.15, 0.2) is 0 Å². The number of carbonyl (C=O) groups is 1. The summed E-state index contributed by atoms with van der Waals surface area (Å²) in [6, 6.07) is 4.50. The molecule has 1 aliphatic rings. The minimum Gasteiger partial charge on any atom is -0.348 e. The number of hydrogen-bond acceptors (Lipinski definition) is 3. The Morgan fingerprint density at radius 3 is 2.53 bits per heavy atom. The van der Waals surface area contributed by atoms with Crippen LogP contribution in [0.4, 0.5) is 13.2 Å². The number of aromatic nitrogens is 3. The lowest BCUT2D eigenvalue weighted by molar-refractivity contribution is -0.137. The van der Waals surface area contributed by atoms with Crippen molar-refractivity contribution in [2.24, 2.45) is 0 Å². The van der Waals surface area contributed by atoms with E-state index >= 15 is 0 Å². The predicted octanol–water partition coefficient (Wildman–Crippen LogP) is 3.74. The van der Waals surface area contributed by atoms with Gasteiger partial charge in [-0.15, -0.1) is 0 Å². The molecule has 2 heterocycles. The van der Waals surface area contributed by atoms with E-state index in [1.807, 2.05) is 13.1 Å². The monoisotopic (exact) mass is 418 g/mol. The zero-order chi connectivity index (χ0) is 21.6. The molecule has 0 saturated heterocycles. The summed E-state index contributed by atoms with van der Waals surface area (Å²) in [4.78, 5) is 25.3. The Morgan fingerprint density at radius 1 is 1.27 bits per heavy atom. The van der Waals surface area contributed by atoms with Gasteiger partial charge >= 0.3 is 6.18 Å². The molecule has 30 heavy (non-hydrogen) atoms. The molecular formula is C21H21F3N4O2. The van der Waals surface area contributed by atoms with Gasteiger partial charge in [0, 0.05) is 12.2 Å². The number of halogens is 3. The molecule has 0 radical (unpaired) electrons. The van der Waals surface area contributed by atoms with Crippen molar-refractivity contribution in [2.45, 2.75) is 51.5 Å². The molecule has 4 rings (SSSR count). The van der Waals surface area contributed by atoms with Crippen LogP contribution in [0.15, 0.2) is 41.5 Å². The number of rotatable bonds is 5. The van der Waals surface area contributed by atoms with Gasteiger partial charge in [0.05, 0.1) is 28.7 Å². The summed E-state index contributed by atoms with van der Waals surface area (Å²) >= 11 is 0. The Kier molecular flexibility index (Phi) is 4.91. The first-order valence-electron chi connectivity index (χ1n) is 9.69. The van der Waals surface area contributed by atoms with Crippen LogP contribution in [0.1, 0.15) is 48.5 Å². The fourth-order valence-electron chi connectivity index (χ4n) is 3.62. The number of alkyl halides is 3. The number of carbonyl (C=O) groups excluding carboxylic acids is 1. The van der Waals surface area contributed by atoms with Gasteiger partial charge in [-0.25, -0.2) is 4.68 Å².